The number of para-hydroxylation sites is 1. The molecule has 2 atom stereocenters. The Labute approximate surface area is 178 Å². The molecular formula is C19H29IN6O. The van der Waals surface area contributed by atoms with Crippen molar-refractivity contribution in [3.8, 4) is 5.75 Å². The molecule has 7 nitrogen and oxygen atoms in total. The lowest BCUT2D eigenvalue weighted by Crippen LogP contribution is -2.48. The third-order valence-corrected chi connectivity index (χ3v) is 4.42. The van der Waals surface area contributed by atoms with Gasteiger partial charge in [-0.25, -0.2) is 9.67 Å². The van der Waals surface area contributed by atoms with Crippen molar-refractivity contribution in [2.75, 3.05) is 13.6 Å². The second kappa shape index (κ2) is 10.5. The van der Waals surface area contributed by atoms with Crippen molar-refractivity contribution < 1.29 is 4.74 Å². The van der Waals surface area contributed by atoms with Gasteiger partial charge in [0, 0.05) is 25.9 Å². The molecule has 2 N–H and O–H groups in total. The van der Waals surface area contributed by atoms with E-state index < -0.39 is 0 Å². The monoisotopic (exact) mass is 484 g/mol. The summed E-state index contributed by atoms with van der Waals surface area (Å²) in [5.74, 6) is 3.68. The van der Waals surface area contributed by atoms with Gasteiger partial charge in [-0.1, -0.05) is 25.1 Å². The smallest absolute Gasteiger partial charge is 0.191 e. The van der Waals surface area contributed by atoms with Gasteiger partial charge in [0.25, 0.3) is 0 Å². The van der Waals surface area contributed by atoms with Crippen LogP contribution in [0.5, 0.6) is 5.75 Å². The van der Waals surface area contributed by atoms with Crippen molar-refractivity contribution in [1.82, 2.24) is 25.4 Å². The first kappa shape index (κ1) is 21.5. The fourth-order valence-electron chi connectivity index (χ4n) is 3.03. The van der Waals surface area contributed by atoms with Crippen LogP contribution < -0.4 is 15.4 Å². The molecule has 1 aliphatic rings. The van der Waals surface area contributed by atoms with E-state index >= 15 is 0 Å². The number of aliphatic imine (C=N–C) groups is 1. The lowest BCUT2D eigenvalue weighted by atomic mass is 10.1. The van der Waals surface area contributed by atoms with Crippen molar-refractivity contribution in [3.63, 3.8) is 0 Å². The van der Waals surface area contributed by atoms with Gasteiger partial charge in [0.1, 0.15) is 17.7 Å². The third kappa shape index (κ3) is 6.08. The predicted molar refractivity (Wildman–Crippen MR) is 118 cm³/mol. The lowest BCUT2D eigenvalue weighted by molar-refractivity contribution is 0.223. The highest BCUT2D eigenvalue weighted by atomic mass is 127. The highest BCUT2D eigenvalue weighted by Gasteiger charge is 2.22. The van der Waals surface area contributed by atoms with Gasteiger partial charge in [-0.3, -0.25) is 4.99 Å². The summed E-state index contributed by atoms with van der Waals surface area (Å²) in [6, 6.07) is 10.2. The Bertz CT molecular complexity index is 733. The molecule has 0 spiro atoms. The number of hydrogen-bond donors (Lipinski definition) is 2. The van der Waals surface area contributed by atoms with Crippen LogP contribution in [0, 0.1) is 0 Å². The number of hydrogen-bond acceptors (Lipinski definition) is 4. The van der Waals surface area contributed by atoms with Crippen LogP contribution in [0.15, 0.2) is 35.3 Å². The van der Waals surface area contributed by atoms with Gasteiger partial charge in [-0.05, 0) is 25.5 Å². The summed E-state index contributed by atoms with van der Waals surface area (Å²) in [4.78, 5) is 8.90. The molecule has 2 unspecified atom stereocenters. The number of aryl methyl sites for hydroxylation is 2. The van der Waals surface area contributed by atoms with Gasteiger partial charge in [0.05, 0.1) is 13.1 Å². The molecule has 0 bridgehead atoms. The number of nitrogens with one attached hydrogen (secondary N) is 2. The van der Waals surface area contributed by atoms with Crippen LogP contribution in [0.25, 0.3) is 0 Å². The summed E-state index contributed by atoms with van der Waals surface area (Å²) in [7, 11) is 1.79. The number of aromatic nitrogens is 3. The lowest BCUT2D eigenvalue weighted by Gasteiger charge is -2.26. The molecule has 2 heterocycles. The van der Waals surface area contributed by atoms with Gasteiger partial charge in [0.15, 0.2) is 11.8 Å². The minimum atomic E-state index is 0. The predicted octanol–water partition coefficient (Wildman–Crippen LogP) is 2.41. The molecule has 148 valence electrons. The zero-order valence-electron chi connectivity index (χ0n) is 16.2. The van der Waals surface area contributed by atoms with Crippen molar-refractivity contribution in [2.24, 2.45) is 4.99 Å². The number of guanidine groups is 1. The first-order chi connectivity index (χ1) is 12.7. The number of nitrogens with zero attached hydrogens (tertiary/aromatic N) is 4. The summed E-state index contributed by atoms with van der Waals surface area (Å²) in [6.45, 7) is 5.62. The third-order valence-electron chi connectivity index (χ3n) is 4.42. The summed E-state index contributed by atoms with van der Waals surface area (Å²) < 4.78 is 7.92. The fraction of sp³-hybridized carbons (Fsp3) is 0.526. The Balaban J connectivity index is 0.00000261. The van der Waals surface area contributed by atoms with Crippen LogP contribution in [0.4, 0.5) is 0 Å². The van der Waals surface area contributed by atoms with E-state index in [-0.39, 0.29) is 30.1 Å². The molecule has 3 rings (SSSR count). The number of fused-ring (bicyclic) bond motifs is 1. The largest absolute Gasteiger partial charge is 0.489 e. The first-order valence-corrected chi connectivity index (χ1v) is 9.29. The van der Waals surface area contributed by atoms with Crippen molar-refractivity contribution in [3.05, 3.63) is 42.0 Å². The van der Waals surface area contributed by atoms with E-state index in [1.807, 2.05) is 41.9 Å². The van der Waals surface area contributed by atoms with Crippen molar-refractivity contribution in [1.29, 1.82) is 0 Å². The molecule has 1 aliphatic heterocycles. The van der Waals surface area contributed by atoms with Gasteiger partial charge in [-0.2, -0.15) is 5.10 Å². The van der Waals surface area contributed by atoms with E-state index in [4.69, 9.17) is 4.74 Å². The second-order valence-corrected chi connectivity index (χ2v) is 6.55. The van der Waals surface area contributed by atoms with Crippen LogP contribution >= 0.6 is 24.0 Å². The zero-order valence-corrected chi connectivity index (χ0v) is 18.5. The number of ether oxygens (including phenoxy) is 1. The molecule has 0 amide bonds. The summed E-state index contributed by atoms with van der Waals surface area (Å²) in [6.07, 6.45) is 2.88. The Kier molecular flexibility index (Phi) is 8.33. The number of benzene rings is 1. The average Bonchev–Trinajstić information content (AvgIpc) is 3.08. The maximum absolute atomic E-state index is 5.89. The molecule has 1 aromatic carbocycles. The molecule has 1 aromatic heterocycles. The average molecular weight is 484 g/mol. The Morgan fingerprint density at radius 3 is 2.85 bits per heavy atom. The van der Waals surface area contributed by atoms with Crippen LogP contribution in [0.3, 0.4) is 0 Å². The second-order valence-electron chi connectivity index (χ2n) is 6.55. The van der Waals surface area contributed by atoms with Crippen LogP contribution in [0.2, 0.25) is 0 Å². The maximum atomic E-state index is 5.89. The fourth-order valence-corrected chi connectivity index (χ4v) is 3.03. The molecule has 27 heavy (non-hydrogen) atoms. The van der Waals surface area contributed by atoms with E-state index in [9.17, 15) is 0 Å². The molecule has 8 heteroatoms. The summed E-state index contributed by atoms with van der Waals surface area (Å²) >= 11 is 0. The highest BCUT2D eigenvalue weighted by Crippen LogP contribution is 2.13. The topological polar surface area (TPSA) is 76.4 Å². The molecule has 2 aromatic rings. The minimum Gasteiger partial charge on any atom is -0.489 e. The van der Waals surface area contributed by atoms with Gasteiger partial charge in [0.2, 0.25) is 0 Å². The zero-order chi connectivity index (χ0) is 18.4. The van der Waals surface area contributed by atoms with Gasteiger partial charge >= 0.3 is 0 Å². The van der Waals surface area contributed by atoms with Crippen molar-refractivity contribution in [2.45, 2.75) is 51.8 Å². The van der Waals surface area contributed by atoms with Gasteiger partial charge < -0.3 is 15.4 Å². The van der Waals surface area contributed by atoms with E-state index in [2.05, 4.69) is 32.6 Å². The SMILES string of the molecule is CCc1nc2n(n1)CC(NC(=NC)NCC(C)Oc1ccccc1)CC2.I. The van der Waals surface area contributed by atoms with E-state index in [1.165, 1.54) is 0 Å². The Morgan fingerprint density at radius 1 is 1.37 bits per heavy atom. The number of halogens is 1. The summed E-state index contributed by atoms with van der Waals surface area (Å²) in [5.41, 5.74) is 0. The van der Waals surface area contributed by atoms with E-state index in [1.54, 1.807) is 7.05 Å². The van der Waals surface area contributed by atoms with E-state index in [0.717, 1.165) is 49.2 Å². The normalized spacial score (nSPS) is 17.4. The van der Waals surface area contributed by atoms with Crippen LogP contribution in [0.1, 0.15) is 31.9 Å². The van der Waals surface area contributed by atoms with Crippen LogP contribution in [-0.4, -0.2) is 46.5 Å². The first-order valence-electron chi connectivity index (χ1n) is 9.29. The molecule has 0 fully saturated rings. The molecule has 0 saturated carbocycles. The van der Waals surface area contributed by atoms with Crippen molar-refractivity contribution >= 4 is 29.9 Å². The standard InChI is InChI=1S/C19H28N6O.HI/c1-4-17-23-18-11-10-15(13-25(18)24-17)22-19(20-3)21-12-14(2)26-16-8-6-5-7-9-16;/h5-9,14-15H,4,10-13H2,1-3H3,(H2,20,21,22);1H. The Hall–Kier alpha value is -1.84. The quantitative estimate of drug-likeness (QED) is 0.374. The molecule has 0 radical (unpaired) electrons. The highest BCUT2D eigenvalue weighted by molar-refractivity contribution is 14.0. The van der Waals surface area contributed by atoms with Crippen LogP contribution in [-0.2, 0) is 19.4 Å². The van der Waals surface area contributed by atoms with Gasteiger partial charge in [-0.15, -0.1) is 24.0 Å². The summed E-state index contributed by atoms with van der Waals surface area (Å²) in [5, 5.41) is 11.4. The van der Waals surface area contributed by atoms with E-state index in [0.29, 0.717) is 12.6 Å². The minimum absolute atomic E-state index is 0. The molecule has 0 saturated heterocycles. The molecular weight excluding hydrogens is 455 g/mol. The molecule has 0 aliphatic carbocycles. The maximum Gasteiger partial charge on any atom is 0.191 e. The Morgan fingerprint density at radius 2 is 2.15 bits per heavy atom. The number of rotatable bonds is 6.